The molecule has 0 spiro atoms. The predicted octanol–water partition coefficient (Wildman–Crippen LogP) is 3.49. The van der Waals surface area contributed by atoms with E-state index in [1.54, 1.807) is 30.7 Å². The summed E-state index contributed by atoms with van der Waals surface area (Å²) in [6, 6.07) is 16.4. The number of rotatable bonds is 5. The van der Waals surface area contributed by atoms with Gasteiger partial charge in [-0.3, -0.25) is 9.78 Å². The minimum atomic E-state index is -0.303. The maximum Gasteiger partial charge on any atom is 0.223 e. The third-order valence-corrected chi connectivity index (χ3v) is 5.37. The lowest BCUT2D eigenvalue weighted by Crippen LogP contribution is -2.49. The van der Waals surface area contributed by atoms with Crippen LogP contribution in [-0.2, 0) is 4.79 Å². The molecule has 1 aliphatic heterocycles. The fourth-order valence-electron chi connectivity index (χ4n) is 3.79. The molecule has 148 valence electrons. The van der Waals surface area contributed by atoms with Crippen LogP contribution in [0.5, 0.6) is 0 Å². The Morgan fingerprint density at radius 3 is 2.38 bits per heavy atom. The van der Waals surface area contributed by atoms with Crippen molar-refractivity contribution in [1.82, 2.24) is 14.9 Å². The Hall–Kier alpha value is -3.28. The lowest BCUT2D eigenvalue weighted by Gasteiger charge is -2.36. The molecule has 1 saturated heterocycles. The highest BCUT2D eigenvalue weighted by atomic mass is 19.1. The second-order valence-electron chi connectivity index (χ2n) is 7.12. The van der Waals surface area contributed by atoms with Gasteiger partial charge < -0.3 is 9.80 Å². The van der Waals surface area contributed by atoms with Gasteiger partial charge in [0.25, 0.3) is 0 Å². The van der Waals surface area contributed by atoms with Crippen LogP contribution >= 0.6 is 0 Å². The first-order chi connectivity index (χ1) is 14.2. The van der Waals surface area contributed by atoms with Crippen LogP contribution in [0.2, 0.25) is 0 Å². The number of hydrogen-bond acceptors (Lipinski definition) is 4. The number of amides is 1. The molecule has 4 rings (SSSR count). The van der Waals surface area contributed by atoms with E-state index >= 15 is 0 Å². The molecule has 3 aromatic rings. The molecular formula is C23H23FN4O. The Morgan fingerprint density at radius 2 is 1.69 bits per heavy atom. The minimum absolute atomic E-state index is 0.0425. The molecule has 0 bridgehead atoms. The first-order valence-corrected chi connectivity index (χ1v) is 9.80. The van der Waals surface area contributed by atoms with Crippen molar-refractivity contribution in [3.8, 4) is 0 Å². The SMILES string of the molecule is O=C(CC(c1ccccc1)c1ccccc1F)N1CCN(c2cnccn2)CC1. The maximum atomic E-state index is 14.5. The van der Waals surface area contributed by atoms with E-state index in [0.29, 0.717) is 31.7 Å². The predicted molar refractivity (Wildman–Crippen MR) is 110 cm³/mol. The molecule has 29 heavy (non-hydrogen) atoms. The van der Waals surface area contributed by atoms with E-state index in [9.17, 15) is 9.18 Å². The molecular weight excluding hydrogens is 367 g/mol. The number of carbonyl (C=O) groups is 1. The van der Waals surface area contributed by atoms with Crippen molar-refractivity contribution in [2.45, 2.75) is 12.3 Å². The Balaban J connectivity index is 1.47. The third kappa shape index (κ3) is 4.42. The molecule has 0 N–H and O–H groups in total. The van der Waals surface area contributed by atoms with Crippen LogP contribution in [-0.4, -0.2) is 47.0 Å². The molecule has 2 aromatic carbocycles. The second kappa shape index (κ2) is 8.82. The van der Waals surface area contributed by atoms with E-state index in [1.807, 2.05) is 41.3 Å². The molecule has 1 amide bonds. The molecule has 1 unspecified atom stereocenters. The Labute approximate surface area is 169 Å². The van der Waals surface area contributed by atoms with Gasteiger partial charge in [0.1, 0.15) is 11.6 Å². The van der Waals surface area contributed by atoms with Crippen LogP contribution < -0.4 is 4.90 Å². The maximum absolute atomic E-state index is 14.5. The van der Waals surface area contributed by atoms with Crippen molar-refractivity contribution < 1.29 is 9.18 Å². The summed E-state index contributed by atoms with van der Waals surface area (Å²) in [7, 11) is 0. The molecule has 0 aliphatic carbocycles. The summed E-state index contributed by atoms with van der Waals surface area (Å²) in [5.41, 5.74) is 1.51. The summed E-state index contributed by atoms with van der Waals surface area (Å²) in [6.45, 7) is 2.66. The second-order valence-corrected chi connectivity index (χ2v) is 7.12. The molecule has 1 atom stereocenters. The quantitative estimate of drug-likeness (QED) is 0.669. The Bertz CT molecular complexity index is 943. The summed E-state index contributed by atoms with van der Waals surface area (Å²) in [6.07, 6.45) is 5.30. The topological polar surface area (TPSA) is 49.3 Å². The molecule has 0 saturated carbocycles. The van der Waals surface area contributed by atoms with Gasteiger partial charge in [0.15, 0.2) is 0 Å². The number of hydrogen-bond donors (Lipinski definition) is 0. The molecule has 0 radical (unpaired) electrons. The fraction of sp³-hybridized carbons (Fsp3) is 0.261. The lowest BCUT2D eigenvalue weighted by molar-refractivity contribution is -0.131. The smallest absolute Gasteiger partial charge is 0.223 e. The van der Waals surface area contributed by atoms with Gasteiger partial charge in [-0.2, -0.15) is 0 Å². The average Bonchev–Trinajstić information content (AvgIpc) is 2.79. The van der Waals surface area contributed by atoms with Gasteiger partial charge in [-0.05, 0) is 17.2 Å². The lowest BCUT2D eigenvalue weighted by atomic mass is 9.87. The molecule has 1 aromatic heterocycles. The average molecular weight is 390 g/mol. The molecule has 1 fully saturated rings. The number of benzene rings is 2. The van der Waals surface area contributed by atoms with Crippen molar-refractivity contribution >= 4 is 11.7 Å². The van der Waals surface area contributed by atoms with Crippen molar-refractivity contribution in [2.24, 2.45) is 0 Å². The van der Waals surface area contributed by atoms with Crippen molar-refractivity contribution in [1.29, 1.82) is 0 Å². The fourth-order valence-corrected chi connectivity index (χ4v) is 3.79. The first-order valence-electron chi connectivity index (χ1n) is 9.80. The number of anilines is 1. The zero-order chi connectivity index (χ0) is 20.1. The largest absolute Gasteiger partial charge is 0.352 e. The Kier molecular flexibility index (Phi) is 5.79. The summed E-state index contributed by atoms with van der Waals surface area (Å²) < 4.78 is 14.5. The van der Waals surface area contributed by atoms with Gasteiger partial charge in [0, 0.05) is 50.9 Å². The highest BCUT2D eigenvalue weighted by molar-refractivity contribution is 5.78. The highest BCUT2D eigenvalue weighted by Crippen LogP contribution is 2.30. The number of piperazine rings is 1. The third-order valence-electron chi connectivity index (χ3n) is 5.37. The van der Waals surface area contributed by atoms with Crippen LogP contribution in [0.25, 0.3) is 0 Å². The van der Waals surface area contributed by atoms with Crippen molar-refractivity contribution in [2.75, 3.05) is 31.1 Å². The summed E-state index contributed by atoms with van der Waals surface area (Å²) >= 11 is 0. The summed E-state index contributed by atoms with van der Waals surface area (Å²) in [5, 5.41) is 0. The van der Waals surface area contributed by atoms with E-state index in [2.05, 4.69) is 14.9 Å². The van der Waals surface area contributed by atoms with E-state index in [0.717, 1.165) is 11.4 Å². The molecule has 1 aliphatic rings. The van der Waals surface area contributed by atoms with Crippen LogP contribution in [0.4, 0.5) is 10.2 Å². The Morgan fingerprint density at radius 1 is 0.966 bits per heavy atom. The van der Waals surface area contributed by atoms with Crippen molar-refractivity contribution in [3.63, 3.8) is 0 Å². The molecule has 5 nitrogen and oxygen atoms in total. The standard InChI is InChI=1S/C23H23FN4O/c24-21-9-5-4-8-19(21)20(18-6-2-1-3-7-18)16-23(29)28-14-12-27(13-15-28)22-17-25-10-11-26-22/h1-11,17,20H,12-16H2. The number of aromatic nitrogens is 2. The normalized spacial score (nSPS) is 15.2. The van der Waals surface area contributed by atoms with E-state index in [-0.39, 0.29) is 24.1 Å². The number of nitrogens with zero attached hydrogens (tertiary/aromatic N) is 4. The minimum Gasteiger partial charge on any atom is -0.352 e. The molecule has 6 heteroatoms. The first kappa shape index (κ1) is 19.1. The van der Waals surface area contributed by atoms with Crippen LogP contribution in [0.15, 0.2) is 73.2 Å². The van der Waals surface area contributed by atoms with Gasteiger partial charge in [0.05, 0.1) is 6.20 Å². The van der Waals surface area contributed by atoms with Gasteiger partial charge in [-0.25, -0.2) is 9.37 Å². The highest BCUT2D eigenvalue weighted by Gasteiger charge is 2.26. The summed E-state index contributed by atoms with van der Waals surface area (Å²) in [5.74, 6) is 0.290. The molecule has 2 heterocycles. The number of halogens is 1. The van der Waals surface area contributed by atoms with E-state index in [1.165, 1.54) is 6.07 Å². The zero-order valence-corrected chi connectivity index (χ0v) is 16.1. The zero-order valence-electron chi connectivity index (χ0n) is 16.1. The monoisotopic (exact) mass is 390 g/mol. The van der Waals surface area contributed by atoms with E-state index in [4.69, 9.17) is 0 Å². The summed E-state index contributed by atoms with van der Waals surface area (Å²) in [4.78, 5) is 25.5. The van der Waals surface area contributed by atoms with Gasteiger partial charge >= 0.3 is 0 Å². The van der Waals surface area contributed by atoms with Gasteiger partial charge in [-0.15, -0.1) is 0 Å². The van der Waals surface area contributed by atoms with Gasteiger partial charge in [-0.1, -0.05) is 48.5 Å². The van der Waals surface area contributed by atoms with Crippen molar-refractivity contribution in [3.05, 3.63) is 90.1 Å². The van der Waals surface area contributed by atoms with Crippen LogP contribution in [0.3, 0.4) is 0 Å². The number of carbonyl (C=O) groups excluding carboxylic acids is 1. The van der Waals surface area contributed by atoms with Crippen LogP contribution in [0.1, 0.15) is 23.5 Å². The van der Waals surface area contributed by atoms with E-state index < -0.39 is 0 Å². The van der Waals surface area contributed by atoms with Gasteiger partial charge in [0.2, 0.25) is 5.91 Å². The van der Waals surface area contributed by atoms with Crippen LogP contribution in [0, 0.1) is 5.82 Å².